The standard InChI is InChI=1S/C24H38N5/c1-5-14-29(4,15-6-12-27-21-8-10-23(25)19(2)17-21)16-7-13-28-22-9-11-24(26)20(3)18-22/h5,8-11,17-18,27-28H,1,6-7,12-16,25-26H2,2-4H3/q+1. The summed E-state index contributed by atoms with van der Waals surface area (Å²) in [5, 5.41) is 7.02. The second-order valence-electron chi connectivity index (χ2n) is 8.24. The number of anilines is 4. The Balaban J connectivity index is 1.74. The normalized spacial score (nSPS) is 11.3. The molecule has 0 heterocycles. The van der Waals surface area contributed by atoms with E-state index in [0.29, 0.717) is 0 Å². The third-order valence-electron chi connectivity index (χ3n) is 5.52. The van der Waals surface area contributed by atoms with Crippen molar-refractivity contribution in [3.05, 3.63) is 60.2 Å². The van der Waals surface area contributed by atoms with E-state index in [1.807, 2.05) is 44.2 Å². The fourth-order valence-electron chi connectivity index (χ4n) is 3.56. The van der Waals surface area contributed by atoms with Gasteiger partial charge in [0.25, 0.3) is 0 Å². The van der Waals surface area contributed by atoms with Crippen LogP contribution in [0.15, 0.2) is 49.1 Å². The van der Waals surface area contributed by atoms with Crippen LogP contribution in [0.25, 0.3) is 0 Å². The molecule has 0 aliphatic carbocycles. The molecule has 0 fully saturated rings. The summed E-state index contributed by atoms with van der Waals surface area (Å²) >= 11 is 0. The van der Waals surface area contributed by atoms with Gasteiger partial charge in [0.1, 0.15) is 0 Å². The molecule has 0 saturated heterocycles. The van der Waals surface area contributed by atoms with Crippen molar-refractivity contribution >= 4 is 22.7 Å². The molecular weight excluding hydrogens is 358 g/mol. The number of aryl methyl sites for hydroxylation is 2. The first-order chi connectivity index (χ1) is 13.8. The molecule has 2 rings (SSSR count). The van der Waals surface area contributed by atoms with Crippen molar-refractivity contribution in [3.63, 3.8) is 0 Å². The average molecular weight is 397 g/mol. The lowest BCUT2D eigenvalue weighted by atomic mass is 10.2. The monoisotopic (exact) mass is 396 g/mol. The Bertz CT molecular complexity index is 740. The molecule has 0 saturated carbocycles. The molecule has 29 heavy (non-hydrogen) atoms. The van der Waals surface area contributed by atoms with Crippen molar-refractivity contribution in [3.8, 4) is 0 Å². The number of rotatable bonds is 12. The van der Waals surface area contributed by atoms with Crippen LogP contribution in [0.1, 0.15) is 24.0 Å². The van der Waals surface area contributed by atoms with Gasteiger partial charge in [-0.3, -0.25) is 0 Å². The number of likely N-dealkylation sites (N-methyl/N-ethyl adjacent to an activating group) is 1. The molecule has 0 aliphatic rings. The predicted octanol–water partition coefficient (Wildman–Crippen LogP) is 4.40. The number of hydrogen-bond acceptors (Lipinski definition) is 4. The summed E-state index contributed by atoms with van der Waals surface area (Å²) in [5.74, 6) is 0. The van der Waals surface area contributed by atoms with Crippen LogP contribution >= 0.6 is 0 Å². The minimum Gasteiger partial charge on any atom is -0.399 e. The third-order valence-corrected chi connectivity index (χ3v) is 5.52. The molecule has 2 aromatic carbocycles. The first-order valence-electron chi connectivity index (χ1n) is 10.5. The van der Waals surface area contributed by atoms with Gasteiger partial charge in [-0.15, -0.1) is 0 Å². The van der Waals surface area contributed by atoms with E-state index in [4.69, 9.17) is 11.5 Å². The number of nitrogen functional groups attached to an aromatic ring is 2. The summed E-state index contributed by atoms with van der Waals surface area (Å²) in [4.78, 5) is 0. The fourth-order valence-corrected chi connectivity index (χ4v) is 3.56. The Labute approximate surface area is 176 Å². The van der Waals surface area contributed by atoms with Crippen LogP contribution < -0.4 is 22.1 Å². The molecule has 0 spiro atoms. The van der Waals surface area contributed by atoms with Crippen molar-refractivity contribution in [2.75, 3.05) is 61.9 Å². The Hall–Kier alpha value is -2.66. The van der Waals surface area contributed by atoms with Crippen LogP contribution in [-0.2, 0) is 0 Å². The quantitative estimate of drug-likeness (QED) is 0.186. The maximum absolute atomic E-state index is 5.89. The van der Waals surface area contributed by atoms with Gasteiger partial charge in [-0.1, -0.05) is 6.58 Å². The lowest BCUT2D eigenvalue weighted by Crippen LogP contribution is -2.46. The first-order valence-corrected chi connectivity index (χ1v) is 10.5. The topological polar surface area (TPSA) is 76.1 Å². The summed E-state index contributed by atoms with van der Waals surface area (Å²) in [5.41, 5.74) is 18.0. The van der Waals surface area contributed by atoms with Crippen molar-refractivity contribution in [1.29, 1.82) is 0 Å². The summed E-state index contributed by atoms with van der Waals surface area (Å²) in [7, 11) is 2.32. The number of nitrogens with two attached hydrogens (primary N) is 2. The zero-order valence-electron chi connectivity index (χ0n) is 18.3. The highest BCUT2D eigenvalue weighted by molar-refractivity contribution is 5.57. The molecule has 6 N–H and O–H groups in total. The third kappa shape index (κ3) is 7.35. The van der Waals surface area contributed by atoms with Crippen LogP contribution in [-0.4, -0.2) is 44.3 Å². The van der Waals surface area contributed by atoms with Gasteiger partial charge >= 0.3 is 0 Å². The highest BCUT2D eigenvalue weighted by Gasteiger charge is 2.18. The van der Waals surface area contributed by atoms with E-state index in [0.717, 1.165) is 83.9 Å². The molecule has 0 unspecified atom stereocenters. The van der Waals surface area contributed by atoms with Gasteiger partial charge in [-0.25, -0.2) is 0 Å². The van der Waals surface area contributed by atoms with Gasteiger partial charge in [0, 0.05) is 48.7 Å². The van der Waals surface area contributed by atoms with E-state index >= 15 is 0 Å². The van der Waals surface area contributed by atoms with Crippen LogP contribution in [0.2, 0.25) is 0 Å². The SMILES string of the molecule is C=CC[N+](C)(CCCNc1ccc(N)c(C)c1)CCCNc1ccc(N)c(C)c1. The molecule has 2 aromatic rings. The summed E-state index contributed by atoms with van der Waals surface area (Å²) in [6.45, 7) is 13.2. The zero-order chi connectivity index (χ0) is 21.3. The Morgan fingerprint density at radius 1 is 0.862 bits per heavy atom. The summed E-state index contributed by atoms with van der Waals surface area (Å²) in [6, 6.07) is 12.2. The number of nitrogens with zero attached hydrogens (tertiary/aromatic N) is 1. The molecule has 0 atom stereocenters. The smallest absolute Gasteiger partial charge is 0.0969 e. The molecule has 0 aromatic heterocycles. The lowest BCUT2D eigenvalue weighted by molar-refractivity contribution is -0.904. The minimum absolute atomic E-state index is 0.841. The number of benzene rings is 2. The van der Waals surface area contributed by atoms with E-state index < -0.39 is 0 Å². The summed E-state index contributed by atoms with van der Waals surface area (Å²) in [6.07, 6.45) is 4.25. The number of quaternary nitrogens is 1. The second-order valence-corrected chi connectivity index (χ2v) is 8.24. The molecular formula is C24H38N5+. The second kappa shape index (κ2) is 10.8. The van der Waals surface area contributed by atoms with Crippen LogP contribution in [0.5, 0.6) is 0 Å². The van der Waals surface area contributed by atoms with Crippen molar-refractivity contribution in [2.45, 2.75) is 26.7 Å². The van der Waals surface area contributed by atoms with Crippen LogP contribution in [0.3, 0.4) is 0 Å². The largest absolute Gasteiger partial charge is 0.399 e. The predicted molar refractivity (Wildman–Crippen MR) is 128 cm³/mol. The zero-order valence-corrected chi connectivity index (χ0v) is 18.3. The Morgan fingerprint density at radius 3 is 1.69 bits per heavy atom. The Kier molecular flexibility index (Phi) is 8.40. The van der Waals surface area contributed by atoms with Crippen molar-refractivity contribution in [2.24, 2.45) is 0 Å². The van der Waals surface area contributed by atoms with Gasteiger partial charge < -0.3 is 26.6 Å². The van der Waals surface area contributed by atoms with E-state index in [1.165, 1.54) is 0 Å². The minimum atomic E-state index is 0.841. The first kappa shape index (κ1) is 22.6. The van der Waals surface area contributed by atoms with Crippen molar-refractivity contribution < 1.29 is 4.48 Å². The molecule has 0 amide bonds. The maximum atomic E-state index is 5.89. The molecule has 5 heteroatoms. The van der Waals surface area contributed by atoms with Crippen LogP contribution in [0, 0.1) is 13.8 Å². The molecule has 158 valence electrons. The van der Waals surface area contributed by atoms with Crippen molar-refractivity contribution in [1.82, 2.24) is 0 Å². The van der Waals surface area contributed by atoms with Gasteiger partial charge in [0.05, 0.1) is 26.7 Å². The number of hydrogen-bond donors (Lipinski definition) is 4. The van der Waals surface area contributed by atoms with Gasteiger partial charge in [0.2, 0.25) is 0 Å². The van der Waals surface area contributed by atoms with Gasteiger partial charge in [-0.05, 0) is 67.4 Å². The molecule has 0 aliphatic heterocycles. The highest BCUT2D eigenvalue weighted by Crippen LogP contribution is 2.18. The fraction of sp³-hybridized carbons (Fsp3) is 0.417. The lowest BCUT2D eigenvalue weighted by Gasteiger charge is -2.34. The maximum Gasteiger partial charge on any atom is 0.0969 e. The van der Waals surface area contributed by atoms with Crippen LogP contribution in [0.4, 0.5) is 22.7 Å². The Morgan fingerprint density at radius 2 is 1.31 bits per heavy atom. The molecule has 5 nitrogen and oxygen atoms in total. The average Bonchev–Trinajstić information content (AvgIpc) is 2.68. The summed E-state index contributed by atoms with van der Waals surface area (Å²) < 4.78 is 1.01. The molecule has 0 bridgehead atoms. The highest BCUT2D eigenvalue weighted by atomic mass is 15.3. The van der Waals surface area contributed by atoms with E-state index in [9.17, 15) is 0 Å². The number of nitrogens with one attached hydrogen (secondary N) is 2. The van der Waals surface area contributed by atoms with E-state index in [2.05, 4.69) is 36.4 Å². The van der Waals surface area contributed by atoms with E-state index in [1.54, 1.807) is 0 Å². The van der Waals surface area contributed by atoms with E-state index in [-0.39, 0.29) is 0 Å². The van der Waals surface area contributed by atoms with Gasteiger partial charge in [0.15, 0.2) is 0 Å². The van der Waals surface area contributed by atoms with Gasteiger partial charge in [-0.2, -0.15) is 0 Å². The molecule has 0 radical (unpaired) electrons.